The first-order valence-electron chi connectivity index (χ1n) is 13.6. The summed E-state index contributed by atoms with van der Waals surface area (Å²) in [5.74, 6) is -0.0758. The lowest BCUT2D eigenvalue weighted by Gasteiger charge is -2.40. The van der Waals surface area contributed by atoms with Crippen molar-refractivity contribution in [1.29, 1.82) is 0 Å². The molecule has 2 fully saturated rings. The first-order chi connectivity index (χ1) is 18.4. The highest BCUT2D eigenvalue weighted by Crippen LogP contribution is 2.42. The number of nitrogens with one attached hydrogen (secondary N) is 1. The molecular formula is C31H34ClN4O2+. The minimum atomic E-state index is -0.178. The Bertz CT molecular complexity index is 1360. The van der Waals surface area contributed by atoms with Gasteiger partial charge in [0, 0.05) is 49.6 Å². The van der Waals surface area contributed by atoms with Crippen molar-refractivity contribution in [3.63, 3.8) is 0 Å². The second-order valence-corrected chi connectivity index (χ2v) is 11.6. The highest BCUT2D eigenvalue weighted by atomic mass is 35.5. The zero-order chi connectivity index (χ0) is 26.3. The molecule has 1 spiro atoms. The molecule has 1 N–H and O–H groups in total. The van der Waals surface area contributed by atoms with Crippen LogP contribution in [0.5, 0.6) is 0 Å². The van der Waals surface area contributed by atoms with Gasteiger partial charge in [-0.2, -0.15) is 0 Å². The molecule has 0 bridgehead atoms. The summed E-state index contributed by atoms with van der Waals surface area (Å²) in [5.41, 5.74) is 4.94. The number of hydrogen-bond donors (Lipinski definition) is 1. The molecule has 6 rings (SSSR count). The smallest absolute Gasteiger partial charge is 0.253 e. The van der Waals surface area contributed by atoms with E-state index in [1.807, 2.05) is 36.2 Å². The fraction of sp³-hybridized carbons (Fsp3) is 0.387. The zero-order valence-corrected chi connectivity index (χ0v) is 22.6. The molecule has 2 aromatic carbocycles. The Morgan fingerprint density at radius 3 is 2.50 bits per heavy atom. The number of halogens is 1. The molecule has 2 saturated heterocycles. The monoisotopic (exact) mass is 529 g/mol. The van der Waals surface area contributed by atoms with Crippen LogP contribution in [0.1, 0.15) is 63.6 Å². The van der Waals surface area contributed by atoms with E-state index < -0.39 is 0 Å². The second-order valence-electron chi connectivity index (χ2n) is 11.1. The normalized spacial score (nSPS) is 20.0. The van der Waals surface area contributed by atoms with Crippen LogP contribution >= 0.6 is 11.6 Å². The molecule has 38 heavy (non-hydrogen) atoms. The topological polar surface area (TPSA) is 56.5 Å². The van der Waals surface area contributed by atoms with Crippen LogP contribution in [0.2, 0.25) is 5.02 Å². The molecule has 3 aliphatic rings. The van der Waals surface area contributed by atoms with Gasteiger partial charge in [-0.15, -0.1) is 0 Å². The molecule has 3 aromatic rings. The molecule has 1 aliphatic carbocycles. The number of aromatic nitrogens is 1. The minimum Gasteiger partial charge on any atom is -0.371 e. The van der Waals surface area contributed by atoms with Crippen LogP contribution in [0, 0.1) is 5.41 Å². The Hall–Kier alpha value is -3.38. The number of amides is 2. The number of rotatable bonds is 4. The third kappa shape index (κ3) is 4.78. The fourth-order valence-electron chi connectivity index (χ4n) is 6.41. The number of pyridine rings is 1. The molecule has 1 unspecified atom stereocenters. The second kappa shape index (κ2) is 10.1. The van der Waals surface area contributed by atoms with E-state index in [1.165, 1.54) is 11.3 Å². The molecule has 3 heterocycles. The molecule has 1 aromatic heterocycles. The van der Waals surface area contributed by atoms with Crippen LogP contribution in [0.25, 0.3) is 0 Å². The summed E-state index contributed by atoms with van der Waals surface area (Å²) in [7, 11) is 2.04. The van der Waals surface area contributed by atoms with Gasteiger partial charge in [-0.25, -0.2) is 4.57 Å². The Labute approximate surface area is 229 Å². The van der Waals surface area contributed by atoms with Crippen molar-refractivity contribution < 1.29 is 14.2 Å². The van der Waals surface area contributed by atoms with Crippen LogP contribution in [0.3, 0.4) is 0 Å². The summed E-state index contributed by atoms with van der Waals surface area (Å²) in [6, 6.07) is 17.4. The maximum Gasteiger partial charge on any atom is 0.253 e. The summed E-state index contributed by atoms with van der Waals surface area (Å²) in [6.45, 7) is 3.69. The average molecular weight is 530 g/mol. The summed E-state index contributed by atoms with van der Waals surface area (Å²) < 4.78 is 2.06. The van der Waals surface area contributed by atoms with E-state index in [9.17, 15) is 9.59 Å². The van der Waals surface area contributed by atoms with Gasteiger partial charge >= 0.3 is 0 Å². The van der Waals surface area contributed by atoms with E-state index in [0.29, 0.717) is 16.1 Å². The Kier molecular flexibility index (Phi) is 6.60. The predicted octanol–water partition coefficient (Wildman–Crippen LogP) is 4.71. The van der Waals surface area contributed by atoms with Crippen molar-refractivity contribution >= 4 is 29.1 Å². The first kappa shape index (κ1) is 24.9. The number of likely N-dealkylation sites (tertiary alicyclic amines) is 1. The molecule has 1 atom stereocenters. The van der Waals surface area contributed by atoms with Crippen LogP contribution in [0.4, 0.5) is 5.69 Å². The third-order valence-corrected chi connectivity index (χ3v) is 9.10. The number of benzene rings is 2. The number of carbonyl (C=O) groups excluding carboxylic acids is 2. The van der Waals surface area contributed by atoms with Crippen LogP contribution in [-0.2, 0) is 13.5 Å². The molecular weight excluding hydrogens is 496 g/mol. The van der Waals surface area contributed by atoms with E-state index in [1.54, 1.807) is 12.1 Å². The van der Waals surface area contributed by atoms with Gasteiger partial charge in [-0.1, -0.05) is 29.8 Å². The van der Waals surface area contributed by atoms with Crippen molar-refractivity contribution in [1.82, 2.24) is 10.2 Å². The van der Waals surface area contributed by atoms with Crippen molar-refractivity contribution in [2.75, 3.05) is 31.1 Å². The van der Waals surface area contributed by atoms with Crippen molar-refractivity contribution in [2.45, 2.75) is 38.1 Å². The number of aryl methyl sites for hydroxylation is 2. The number of piperidine rings is 1. The number of carbonyl (C=O) groups is 2. The van der Waals surface area contributed by atoms with Gasteiger partial charge < -0.3 is 15.1 Å². The van der Waals surface area contributed by atoms with E-state index in [4.69, 9.17) is 11.6 Å². The number of nitrogens with zero attached hydrogens (tertiary/aromatic N) is 3. The minimum absolute atomic E-state index is 0.103. The molecule has 6 nitrogen and oxygen atoms in total. The highest BCUT2D eigenvalue weighted by molar-refractivity contribution is 6.33. The lowest BCUT2D eigenvalue weighted by molar-refractivity contribution is -0.671. The van der Waals surface area contributed by atoms with Gasteiger partial charge in [0.1, 0.15) is 7.05 Å². The molecule has 7 heteroatoms. The van der Waals surface area contributed by atoms with E-state index >= 15 is 0 Å². The lowest BCUT2D eigenvalue weighted by atomic mass is 9.77. The standard InChI is InChI=1S/C31H33ClN4O2/c1-34-15-10-24(11-16-34)35-17-12-31(13-18-35)14-19-36(21-31)30(38)23-7-6-22-8-9-28(26(22)20-23)33-29(37)25-4-2-3-5-27(25)32/h2-7,10-11,15-16,20,28H,8-9,12-14,17-19,21H2,1H3/p+1. The van der Waals surface area contributed by atoms with Crippen molar-refractivity contribution in [3.8, 4) is 0 Å². The number of hydrogen-bond acceptors (Lipinski definition) is 3. The highest BCUT2D eigenvalue weighted by Gasteiger charge is 2.42. The average Bonchev–Trinajstić information content (AvgIpc) is 3.53. The predicted molar refractivity (Wildman–Crippen MR) is 148 cm³/mol. The van der Waals surface area contributed by atoms with Gasteiger partial charge in [0.25, 0.3) is 11.8 Å². The number of anilines is 1. The maximum atomic E-state index is 13.6. The van der Waals surface area contributed by atoms with Crippen LogP contribution < -0.4 is 14.8 Å². The van der Waals surface area contributed by atoms with Gasteiger partial charge in [-0.05, 0) is 72.9 Å². The lowest BCUT2D eigenvalue weighted by Crippen LogP contribution is -2.42. The van der Waals surface area contributed by atoms with Crippen molar-refractivity contribution in [2.24, 2.45) is 12.5 Å². The third-order valence-electron chi connectivity index (χ3n) is 8.77. The first-order valence-corrected chi connectivity index (χ1v) is 14.0. The van der Waals surface area contributed by atoms with Gasteiger partial charge in [-0.3, -0.25) is 9.59 Å². The fourth-order valence-corrected chi connectivity index (χ4v) is 6.63. The van der Waals surface area contributed by atoms with Crippen LogP contribution in [0.15, 0.2) is 67.0 Å². The Morgan fingerprint density at radius 2 is 1.74 bits per heavy atom. The Morgan fingerprint density at radius 1 is 1.00 bits per heavy atom. The molecule has 0 saturated carbocycles. The summed E-state index contributed by atoms with van der Waals surface area (Å²) in [6.07, 6.45) is 9.19. The summed E-state index contributed by atoms with van der Waals surface area (Å²) >= 11 is 6.24. The van der Waals surface area contributed by atoms with E-state index in [2.05, 4.69) is 45.4 Å². The summed E-state index contributed by atoms with van der Waals surface area (Å²) in [5, 5.41) is 3.58. The molecule has 196 valence electrons. The van der Waals surface area contributed by atoms with E-state index in [-0.39, 0.29) is 23.3 Å². The number of fused-ring (bicyclic) bond motifs is 1. The van der Waals surface area contributed by atoms with Crippen molar-refractivity contribution in [3.05, 3.63) is 94.3 Å². The summed E-state index contributed by atoms with van der Waals surface area (Å²) in [4.78, 5) is 31.0. The maximum absolute atomic E-state index is 13.6. The quantitative estimate of drug-likeness (QED) is 0.498. The van der Waals surface area contributed by atoms with Crippen LogP contribution in [-0.4, -0.2) is 42.9 Å². The van der Waals surface area contributed by atoms with E-state index in [0.717, 1.165) is 63.8 Å². The van der Waals surface area contributed by atoms with Gasteiger partial charge in [0.15, 0.2) is 12.4 Å². The molecule has 0 radical (unpaired) electrons. The Balaban J connectivity index is 1.11. The zero-order valence-electron chi connectivity index (χ0n) is 21.8. The van der Waals surface area contributed by atoms with Gasteiger partial charge in [0.2, 0.25) is 0 Å². The van der Waals surface area contributed by atoms with Gasteiger partial charge in [0.05, 0.1) is 16.6 Å². The molecule has 2 aliphatic heterocycles. The molecule has 2 amide bonds. The SMILES string of the molecule is C[n+]1ccc(N2CCC3(CCN(C(=O)c4ccc5c(c4)C(NC(=O)c4ccccc4Cl)CC5)C3)CC2)cc1. The largest absolute Gasteiger partial charge is 0.371 e.